The number of fused-ring (bicyclic) bond motifs is 1. The minimum absolute atomic E-state index is 0.0328. The summed E-state index contributed by atoms with van der Waals surface area (Å²) in [5, 5.41) is 3.38. The summed E-state index contributed by atoms with van der Waals surface area (Å²) in [4.78, 5) is 28.8. The summed E-state index contributed by atoms with van der Waals surface area (Å²) in [7, 11) is 0. The largest absolute Gasteiger partial charge is 0.494 e. The number of ether oxygens (including phenoxy) is 2. The summed E-state index contributed by atoms with van der Waals surface area (Å²) in [6, 6.07) is 8.34. The highest BCUT2D eigenvalue weighted by Crippen LogP contribution is 2.49. The van der Waals surface area contributed by atoms with Gasteiger partial charge in [0, 0.05) is 11.4 Å². The molecule has 5 rings (SSSR count). The smallest absolute Gasteiger partial charge is 0.295 e. The molecule has 1 aliphatic carbocycles. The van der Waals surface area contributed by atoms with Crippen LogP contribution in [0.15, 0.2) is 46.2 Å². The monoisotopic (exact) mass is 490 g/mol. The van der Waals surface area contributed by atoms with Gasteiger partial charge in [-0.2, -0.15) is 0 Å². The van der Waals surface area contributed by atoms with Gasteiger partial charge in [0.1, 0.15) is 17.6 Å². The van der Waals surface area contributed by atoms with Crippen LogP contribution >= 0.6 is 23.2 Å². The summed E-state index contributed by atoms with van der Waals surface area (Å²) in [5.41, 5.74) is 1.03. The first kappa shape index (κ1) is 22.3. The molecule has 1 fully saturated rings. The zero-order valence-electron chi connectivity index (χ0n) is 18.3. The molecule has 174 valence electrons. The number of benzene rings is 1. The third-order valence-electron chi connectivity index (χ3n) is 6.30. The third kappa shape index (κ3) is 3.81. The van der Waals surface area contributed by atoms with E-state index in [4.69, 9.17) is 37.2 Å². The predicted molar refractivity (Wildman–Crippen MR) is 123 cm³/mol. The SMILES string of the molecule is CCCOc1cccc(C2C3=C(OC4C(Cl)CC(Cl)CC4C3=O)C(=O)N2c2cc(C)on2)c1. The highest BCUT2D eigenvalue weighted by molar-refractivity contribution is 6.25. The Morgan fingerprint density at radius 3 is 2.76 bits per heavy atom. The first-order valence-corrected chi connectivity index (χ1v) is 12.0. The molecule has 0 saturated heterocycles. The lowest BCUT2D eigenvalue weighted by atomic mass is 9.77. The predicted octanol–water partition coefficient (Wildman–Crippen LogP) is 4.71. The van der Waals surface area contributed by atoms with Crippen molar-refractivity contribution in [2.75, 3.05) is 11.5 Å². The van der Waals surface area contributed by atoms with Crippen LogP contribution in [0.5, 0.6) is 5.75 Å². The molecule has 5 unspecified atom stereocenters. The van der Waals surface area contributed by atoms with E-state index >= 15 is 0 Å². The summed E-state index contributed by atoms with van der Waals surface area (Å²) in [6.07, 6.45) is 1.24. The van der Waals surface area contributed by atoms with Gasteiger partial charge in [0.2, 0.25) is 0 Å². The van der Waals surface area contributed by atoms with Crippen molar-refractivity contribution in [3.63, 3.8) is 0 Å². The number of hydrogen-bond acceptors (Lipinski definition) is 6. The molecule has 2 aromatic rings. The summed E-state index contributed by atoms with van der Waals surface area (Å²) in [5.74, 6) is 0.460. The van der Waals surface area contributed by atoms with E-state index in [-0.39, 0.29) is 16.9 Å². The second kappa shape index (κ2) is 8.69. The van der Waals surface area contributed by atoms with Crippen LogP contribution in [0.4, 0.5) is 5.82 Å². The second-order valence-corrected chi connectivity index (χ2v) is 9.85. The van der Waals surface area contributed by atoms with Crippen LogP contribution in [-0.2, 0) is 14.3 Å². The molecule has 3 heterocycles. The molecule has 0 radical (unpaired) electrons. The van der Waals surface area contributed by atoms with Gasteiger partial charge in [-0.05, 0) is 43.9 Å². The number of ketones is 1. The molecule has 3 aliphatic rings. The van der Waals surface area contributed by atoms with Crippen LogP contribution in [0.2, 0.25) is 0 Å². The van der Waals surface area contributed by atoms with Crippen molar-refractivity contribution < 1.29 is 23.6 Å². The number of hydrogen-bond donors (Lipinski definition) is 0. The summed E-state index contributed by atoms with van der Waals surface area (Å²) < 4.78 is 17.2. The van der Waals surface area contributed by atoms with Gasteiger partial charge in [-0.25, -0.2) is 0 Å². The molecule has 33 heavy (non-hydrogen) atoms. The van der Waals surface area contributed by atoms with Gasteiger partial charge in [-0.3, -0.25) is 14.5 Å². The van der Waals surface area contributed by atoms with Crippen molar-refractivity contribution in [2.45, 2.75) is 56.0 Å². The molecule has 0 spiro atoms. The number of rotatable bonds is 5. The molecule has 1 aromatic carbocycles. The Hall–Kier alpha value is -2.51. The van der Waals surface area contributed by atoms with E-state index in [1.165, 1.54) is 4.90 Å². The number of aryl methyl sites for hydroxylation is 1. The summed E-state index contributed by atoms with van der Waals surface area (Å²) >= 11 is 12.9. The average Bonchev–Trinajstić information content (AvgIpc) is 3.34. The number of anilines is 1. The van der Waals surface area contributed by atoms with Gasteiger partial charge in [0.25, 0.3) is 5.91 Å². The highest BCUT2D eigenvalue weighted by atomic mass is 35.5. The van der Waals surface area contributed by atoms with Crippen molar-refractivity contribution >= 4 is 40.7 Å². The lowest BCUT2D eigenvalue weighted by Crippen LogP contribution is -2.47. The molecule has 1 saturated carbocycles. The van der Waals surface area contributed by atoms with Gasteiger partial charge >= 0.3 is 0 Å². The fourth-order valence-corrected chi connectivity index (χ4v) is 5.77. The third-order valence-corrected chi connectivity index (χ3v) is 7.08. The van der Waals surface area contributed by atoms with Crippen LogP contribution < -0.4 is 9.64 Å². The number of Topliss-reactive ketones (excluding diaryl/α,β-unsaturated/α-hetero) is 1. The normalized spacial score (nSPS) is 29.1. The number of halogens is 2. The van der Waals surface area contributed by atoms with E-state index in [0.717, 1.165) is 12.0 Å². The lowest BCUT2D eigenvalue weighted by Gasteiger charge is -2.39. The van der Waals surface area contributed by atoms with Crippen molar-refractivity contribution in [1.29, 1.82) is 0 Å². The Bertz CT molecular complexity index is 1130. The van der Waals surface area contributed by atoms with Gasteiger partial charge in [-0.15, -0.1) is 23.2 Å². The Labute approximate surface area is 201 Å². The fourth-order valence-electron chi connectivity index (χ4n) is 4.85. The molecular weight excluding hydrogens is 467 g/mol. The molecule has 0 N–H and O–H groups in total. The fraction of sp³-hybridized carbons (Fsp3) is 0.458. The maximum atomic E-state index is 13.8. The maximum absolute atomic E-state index is 13.8. The second-order valence-electron chi connectivity index (χ2n) is 8.68. The van der Waals surface area contributed by atoms with Crippen LogP contribution in [0.3, 0.4) is 0 Å². The topological polar surface area (TPSA) is 81.9 Å². The lowest BCUT2D eigenvalue weighted by molar-refractivity contribution is -0.131. The Morgan fingerprint density at radius 1 is 1.21 bits per heavy atom. The van der Waals surface area contributed by atoms with Gasteiger partial charge in [0.15, 0.2) is 17.4 Å². The number of nitrogens with zero attached hydrogens (tertiary/aromatic N) is 2. The van der Waals surface area contributed by atoms with Gasteiger partial charge in [0.05, 0.1) is 29.5 Å². The minimum Gasteiger partial charge on any atom is -0.494 e. The molecule has 0 bridgehead atoms. The van der Waals surface area contributed by atoms with E-state index in [0.29, 0.717) is 42.3 Å². The maximum Gasteiger partial charge on any atom is 0.295 e. The number of alkyl halides is 2. The van der Waals surface area contributed by atoms with E-state index in [2.05, 4.69) is 5.16 Å². The van der Waals surface area contributed by atoms with E-state index in [9.17, 15) is 9.59 Å². The average molecular weight is 491 g/mol. The Morgan fingerprint density at radius 2 is 2.03 bits per heavy atom. The first-order chi connectivity index (χ1) is 15.9. The molecule has 1 aromatic heterocycles. The van der Waals surface area contributed by atoms with Crippen LogP contribution in [0.25, 0.3) is 0 Å². The van der Waals surface area contributed by atoms with E-state index < -0.39 is 29.3 Å². The summed E-state index contributed by atoms with van der Waals surface area (Å²) in [6.45, 7) is 4.33. The molecule has 2 aliphatic heterocycles. The Balaban J connectivity index is 1.62. The minimum atomic E-state index is -0.722. The van der Waals surface area contributed by atoms with Crippen LogP contribution in [0, 0.1) is 12.8 Å². The number of carbonyl (C=O) groups is 2. The zero-order valence-corrected chi connectivity index (χ0v) is 19.8. The van der Waals surface area contributed by atoms with E-state index in [1.54, 1.807) is 13.0 Å². The van der Waals surface area contributed by atoms with Gasteiger partial charge < -0.3 is 14.0 Å². The van der Waals surface area contributed by atoms with Crippen molar-refractivity contribution in [3.05, 3.63) is 53.0 Å². The zero-order chi connectivity index (χ0) is 23.3. The number of carbonyl (C=O) groups excluding carboxylic acids is 2. The van der Waals surface area contributed by atoms with E-state index in [1.807, 2.05) is 31.2 Å². The van der Waals surface area contributed by atoms with Crippen LogP contribution in [0.1, 0.15) is 43.6 Å². The molecule has 5 atom stereocenters. The molecular formula is C24H24Cl2N2O5. The first-order valence-electron chi connectivity index (χ1n) is 11.1. The van der Waals surface area contributed by atoms with Gasteiger partial charge in [-0.1, -0.05) is 24.2 Å². The molecule has 7 nitrogen and oxygen atoms in total. The number of amides is 1. The Kier molecular flexibility index (Phi) is 5.87. The molecule has 1 amide bonds. The highest BCUT2D eigenvalue weighted by Gasteiger charge is 2.55. The van der Waals surface area contributed by atoms with Crippen molar-refractivity contribution in [1.82, 2.24) is 5.16 Å². The standard InChI is InChI=1S/C24H24Cl2N2O5/c1-3-7-31-15-6-4-5-13(9-15)20-19-21(29)16-10-14(25)11-17(26)22(16)32-23(19)24(30)28(20)18-8-12(2)33-27-18/h4-6,8-9,14,16-17,20,22H,3,7,10-11H2,1-2H3. The number of aromatic nitrogens is 1. The van der Waals surface area contributed by atoms with Crippen molar-refractivity contribution in [3.8, 4) is 5.75 Å². The van der Waals surface area contributed by atoms with Crippen LogP contribution in [-0.4, -0.2) is 40.3 Å². The van der Waals surface area contributed by atoms with Crippen molar-refractivity contribution in [2.24, 2.45) is 5.92 Å². The molecule has 9 heteroatoms. The quantitative estimate of drug-likeness (QED) is 0.564.